The molecule has 2 aromatic rings. The van der Waals surface area contributed by atoms with Gasteiger partial charge < -0.3 is 5.32 Å². The lowest BCUT2D eigenvalue weighted by atomic mass is 10.1. The molecule has 0 bridgehead atoms. The summed E-state index contributed by atoms with van der Waals surface area (Å²) in [5, 5.41) is 3.88. The first kappa shape index (κ1) is 18.7. The van der Waals surface area contributed by atoms with Crippen molar-refractivity contribution >= 4 is 27.7 Å². The van der Waals surface area contributed by atoms with Crippen LogP contribution in [0, 0.1) is 5.92 Å². The van der Waals surface area contributed by atoms with Gasteiger partial charge in [0.05, 0.1) is 16.7 Å². The molecule has 132 valence electrons. The van der Waals surface area contributed by atoms with Crippen LogP contribution < -0.4 is 10.0 Å². The largest absolute Gasteiger partial charge is 0.352 e. The Morgan fingerprint density at radius 1 is 1.04 bits per heavy atom. The van der Waals surface area contributed by atoms with Gasteiger partial charge in [-0.05, 0) is 29.7 Å². The van der Waals surface area contributed by atoms with E-state index in [0.29, 0.717) is 18.0 Å². The molecule has 0 aliphatic rings. The van der Waals surface area contributed by atoms with E-state index in [9.17, 15) is 13.2 Å². The first-order valence-corrected chi connectivity index (χ1v) is 9.55. The fraction of sp³-hybridized carbons (Fsp3) is 0.211. The zero-order valence-electron chi connectivity index (χ0n) is 14.3. The molecule has 0 unspecified atom stereocenters. The Balaban J connectivity index is 2.16. The Bertz CT molecular complexity index is 844. The fourth-order valence-corrected chi connectivity index (χ4v) is 2.97. The van der Waals surface area contributed by atoms with Crippen LogP contribution in [-0.4, -0.2) is 20.9 Å². The zero-order valence-corrected chi connectivity index (χ0v) is 15.1. The van der Waals surface area contributed by atoms with E-state index in [-0.39, 0.29) is 11.6 Å². The maximum atomic E-state index is 12.3. The van der Waals surface area contributed by atoms with E-state index in [4.69, 9.17) is 0 Å². The Morgan fingerprint density at radius 2 is 1.68 bits per heavy atom. The van der Waals surface area contributed by atoms with Crippen LogP contribution in [0.2, 0.25) is 0 Å². The van der Waals surface area contributed by atoms with E-state index >= 15 is 0 Å². The van der Waals surface area contributed by atoms with Crippen LogP contribution in [0.3, 0.4) is 0 Å². The van der Waals surface area contributed by atoms with Crippen molar-refractivity contribution in [3.63, 3.8) is 0 Å². The van der Waals surface area contributed by atoms with Gasteiger partial charge in [0.2, 0.25) is 0 Å². The summed E-state index contributed by atoms with van der Waals surface area (Å²) >= 11 is 0. The molecule has 1 amide bonds. The molecule has 2 N–H and O–H groups in total. The third-order valence-electron chi connectivity index (χ3n) is 3.33. The van der Waals surface area contributed by atoms with Crippen molar-refractivity contribution in [3.05, 3.63) is 71.1 Å². The third-order valence-corrected chi connectivity index (χ3v) is 4.33. The minimum absolute atomic E-state index is 0.251. The quantitative estimate of drug-likeness (QED) is 0.795. The molecule has 0 atom stereocenters. The highest BCUT2D eigenvalue weighted by Crippen LogP contribution is 2.17. The summed E-state index contributed by atoms with van der Waals surface area (Å²) in [5.41, 5.74) is 1.32. The zero-order chi connectivity index (χ0) is 18.3. The number of anilines is 1. The van der Waals surface area contributed by atoms with Crippen LogP contribution in [0.25, 0.3) is 6.08 Å². The van der Waals surface area contributed by atoms with Crippen LogP contribution in [0.1, 0.15) is 29.8 Å². The Morgan fingerprint density at radius 3 is 2.36 bits per heavy atom. The molecule has 0 radical (unpaired) electrons. The Hall–Kier alpha value is -2.60. The van der Waals surface area contributed by atoms with E-state index in [1.807, 2.05) is 32.0 Å². The number of amides is 1. The van der Waals surface area contributed by atoms with Gasteiger partial charge in [-0.2, -0.15) is 0 Å². The molecule has 0 aliphatic heterocycles. The molecule has 0 fully saturated rings. The maximum absolute atomic E-state index is 12.3. The van der Waals surface area contributed by atoms with Gasteiger partial charge in [0.25, 0.3) is 15.9 Å². The lowest BCUT2D eigenvalue weighted by molar-refractivity contribution is 0.0950. The molecule has 25 heavy (non-hydrogen) atoms. The molecule has 2 rings (SSSR count). The van der Waals surface area contributed by atoms with Gasteiger partial charge >= 0.3 is 0 Å². The van der Waals surface area contributed by atoms with Crippen molar-refractivity contribution in [1.29, 1.82) is 0 Å². The SMILES string of the molecule is CC(C)CNC(=O)c1ccccc1NS(=O)(=O)/C=C/c1ccccc1. The number of hydrogen-bond donors (Lipinski definition) is 2. The molecule has 0 saturated carbocycles. The summed E-state index contributed by atoms with van der Waals surface area (Å²) in [4.78, 5) is 12.3. The van der Waals surface area contributed by atoms with Crippen LogP contribution in [0.4, 0.5) is 5.69 Å². The molecular formula is C19H22N2O3S. The summed E-state index contributed by atoms with van der Waals surface area (Å²) in [7, 11) is -3.73. The maximum Gasteiger partial charge on any atom is 0.255 e. The predicted molar refractivity (Wildman–Crippen MR) is 102 cm³/mol. The van der Waals surface area contributed by atoms with Gasteiger partial charge in [0.15, 0.2) is 0 Å². The minimum Gasteiger partial charge on any atom is -0.352 e. The average molecular weight is 358 g/mol. The van der Waals surface area contributed by atoms with Gasteiger partial charge in [-0.3, -0.25) is 9.52 Å². The number of hydrogen-bond acceptors (Lipinski definition) is 3. The van der Waals surface area contributed by atoms with Crippen LogP contribution >= 0.6 is 0 Å². The molecule has 0 aromatic heterocycles. The van der Waals surface area contributed by atoms with Gasteiger partial charge in [-0.15, -0.1) is 0 Å². The van der Waals surface area contributed by atoms with Gasteiger partial charge in [0, 0.05) is 6.54 Å². The molecule has 0 aliphatic carbocycles. The van der Waals surface area contributed by atoms with Crippen LogP contribution in [0.5, 0.6) is 0 Å². The molecule has 5 nitrogen and oxygen atoms in total. The fourth-order valence-electron chi connectivity index (χ4n) is 2.08. The van der Waals surface area contributed by atoms with Crippen molar-refractivity contribution in [2.75, 3.05) is 11.3 Å². The second kappa shape index (κ2) is 8.48. The standard InChI is InChI=1S/C19H22N2O3S/c1-15(2)14-20-19(22)17-10-6-7-11-18(17)21-25(23,24)13-12-16-8-4-3-5-9-16/h3-13,15,21H,14H2,1-2H3,(H,20,22)/b13-12+. The summed E-state index contributed by atoms with van der Waals surface area (Å²) < 4.78 is 27.0. The first-order chi connectivity index (χ1) is 11.9. The molecule has 6 heteroatoms. The molecule has 2 aromatic carbocycles. The molecular weight excluding hydrogens is 336 g/mol. The second-order valence-corrected chi connectivity index (χ2v) is 7.58. The number of carbonyl (C=O) groups excluding carboxylic acids is 1. The lowest BCUT2D eigenvalue weighted by Crippen LogP contribution is -2.28. The highest BCUT2D eigenvalue weighted by molar-refractivity contribution is 7.95. The van der Waals surface area contributed by atoms with Crippen LogP contribution in [-0.2, 0) is 10.0 Å². The minimum atomic E-state index is -3.73. The lowest BCUT2D eigenvalue weighted by Gasteiger charge is -2.12. The number of benzene rings is 2. The first-order valence-electron chi connectivity index (χ1n) is 8.00. The number of rotatable bonds is 7. The molecule has 0 heterocycles. The summed E-state index contributed by atoms with van der Waals surface area (Å²) in [6.07, 6.45) is 1.50. The summed E-state index contributed by atoms with van der Waals surface area (Å²) in [5.74, 6) is 0.000601. The van der Waals surface area contributed by atoms with E-state index in [1.54, 1.807) is 36.4 Å². The van der Waals surface area contributed by atoms with Gasteiger partial charge in [-0.25, -0.2) is 8.42 Å². The van der Waals surface area contributed by atoms with E-state index in [0.717, 1.165) is 11.0 Å². The smallest absolute Gasteiger partial charge is 0.255 e. The van der Waals surface area contributed by atoms with E-state index in [1.165, 1.54) is 6.08 Å². The highest BCUT2D eigenvalue weighted by Gasteiger charge is 2.14. The Labute approximate surface area is 148 Å². The highest BCUT2D eigenvalue weighted by atomic mass is 32.2. The van der Waals surface area contributed by atoms with Crippen molar-refractivity contribution in [1.82, 2.24) is 5.32 Å². The van der Waals surface area contributed by atoms with Crippen molar-refractivity contribution in [2.24, 2.45) is 5.92 Å². The summed E-state index contributed by atoms with van der Waals surface area (Å²) in [6.45, 7) is 4.50. The van der Waals surface area contributed by atoms with E-state index in [2.05, 4.69) is 10.0 Å². The van der Waals surface area contributed by atoms with Gasteiger partial charge in [-0.1, -0.05) is 56.3 Å². The normalized spacial score (nSPS) is 11.6. The van der Waals surface area contributed by atoms with Crippen molar-refractivity contribution in [2.45, 2.75) is 13.8 Å². The average Bonchev–Trinajstić information content (AvgIpc) is 2.59. The number of sulfonamides is 1. The summed E-state index contributed by atoms with van der Waals surface area (Å²) in [6, 6.07) is 15.7. The van der Waals surface area contributed by atoms with Crippen LogP contribution in [0.15, 0.2) is 60.0 Å². The van der Waals surface area contributed by atoms with Crippen molar-refractivity contribution < 1.29 is 13.2 Å². The number of carbonyl (C=O) groups is 1. The second-order valence-electron chi connectivity index (χ2n) is 6.01. The monoisotopic (exact) mass is 358 g/mol. The molecule has 0 spiro atoms. The third kappa shape index (κ3) is 6.08. The van der Waals surface area contributed by atoms with E-state index < -0.39 is 10.0 Å². The molecule has 0 saturated heterocycles. The van der Waals surface area contributed by atoms with Gasteiger partial charge in [0.1, 0.15) is 0 Å². The Kier molecular flexibility index (Phi) is 6.36. The number of nitrogens with one attached hydrogen (secondary N) is 2. The van der Waals surface area contributed by atoms with Crippen molar-refractivity contribution in [3.8, 4) is 0 Å². The number of para-hydroxylation sites is 1. The predicted octanol–water partition coefficient (Wildman–Crippen LogP) is 3.49. The topological polar surface area (TPSA) is 75.3 Å².